The Balaban J connectivity index is 1.84. The molecule has 0 radical (unpaired) electrons. The number of carbonyl (C=O) groups is 1. The van der Waals surface area contributed by atoms with Gasteiger partial charge in [-0.15, -0.1) is 0 Å². The second-order valence-corrected chi connectivity index (χ2v) is 7.07. The largest absolute Gasteiger partial charge is 0.471 e. The average molecular weight is 394 g/mol. The van der Waals surface area contributed by atoms with Crippen LogP contribution in [0.1, 0.15) is 30.0 Å². The molecule has 2 aromatic rings. The third-order valence-electron chi connectivity index (χ3n) is 5.18. The number of nitrogens with zero attached hydrogens (tertiary/aromatic N) is 1. The van der Waals surface area contributed by atoms with Crippen molar-refractivity contribution >= 4 is 11.6 Å². The molecule has 2 aliphatic heterocycles. The van der Waals surface area contributed by atoms with Crippen LogP contribution < -0.4 is 15.0 Å². The van der Waals surface area contributed by atoms with E-state index in [0.29, 0.717) is 47.7 Å². The maximum Gasteiger partial charge on any atom is 0.471 e. The highest BCUT2D eigenvalue weighted by atomic mass is 19.4. The molecule has 0 saturated carbocycles. The van der Waals surface area contributed by atoms with Crippen molar-refractivity contribution in [1.82, 2.24) is 5.32 Å². The third kappa shape index (κ3) is 3.16. The number of anilines is 1. The number of aryl methyl sites for hydroxylation is 1. The first-order valence-electron chi connectivity index (χ1n) is 8.97. The topological polar surface area (TPSA) is 41.6 Å². The van der Waals surface area contributed by atoms with E-state index in [1.807, 2.05) is 4.90 Å². The Morgan fingerprint density at radius 2 is 1.96 bits per heavy atom. The second-order valence-electron chi connectivity index (χ2n) is 7.07. The Kier molecular flexibility index (Phi) is 4.44. The molecular weight excluding hydrogens is 376 g/mol. The number of fused-ring (bicyclic) bond motifs is 5. The van der Waals surface area contributed by atoms with Gasteiger partial charge in [-0.2, -0.15) is 13.2 Å². The molecule has 8 heteroatoms. The van der Waals surface area contributed by atoms with Crippen molar-refractivity contribution in [2.24, 2.45) is 0 Å². The number of piperidine rings is 1. The van der Waals surface area contributed by atoms with Crippen LogP contribution in [0.3, 0.4) is 0 Å². The van der Waals surface area contributed by atoms with Gasteiger partial charge in [-0.05, 0) is 37.5 Å². The SMILES string of the molecule is Cc1cc(F)cc2c1N1CCCC(NC(=O)C(F)(F)F)C1c1ccccc1O2. The number of alkyl halides is 3. The summed E-state index contributed by atoms with van der Waals surface area (Å²) in [5.41, 5.74) is 1.91. The minimum absolute atomic E-state index is 0.315. The quantitative estimate of drug-likeness (QED) is 0.718. The summed E-state index contributed by atoms with van der Waals surface area (Å²) in [5.74, 6) is -1.66. The molecule has 28 heavy (non-hydrogen) atoms. The maximum atomic E-state index is 14.0. The van der Waals surface area contributed by atoms with Crippen molar-refractivity contribution in [1.29, 1.82) is 0 Å². The summed E-state index contributed by atoms with van der Waals surface area (Å²) < 4.78 is 58.5. The Labute approximate surface area is 159 Å². The van der Waals surface area contributed by atoms with Crippen LogP contribution in [0.25, 0.3) is 0 Å². The van der Waals surface area contributed by atoms with Gasteiger partial charge < -0.3 is 15.0 Å². The van der Waals surface area contributed by atoms with Crippen LogP contribution in [-0.2, 0) is 4.79 Å². The third-order valence-corrected chi connectivity index (χ3v) is 5.18. The monoisotopic (exact) mass is 394 g/mol. The Hall–Kier alpha value is -2.77. The van der Waals surface area contributed by atoms with Gasteiger partial charge in [0.15, 0.2) is 5.75 Å². The number of hydrogen-bond donors (Lipinski definition) is 1. The van der Waals surface area contributed by atoms with E-state index in [2.05, 4.69) is 5.32 Å². The molecule has 2 atom stereocenters. The van der Waals surface area contributed by atoms with Gasteiger partial charge in [0.25, 0.3) is 0 Å². The van der Waals surface area contributed by atoms with Gasteiger partial charge in [0.2, 0.25) is 0 Å². The highest BCUT2D eigenvalue weighted by molar-refractivity contribution is 5.82. The summed E-state index contributed by atoms with van der Waals surface area (Å²) in [5, 5.41) is 2.15. The molecule has 1 saturated heterocycles. The lowest BCUT2D eigenvalue weighted by molar-refractivity contribution is -0.174. The molecule has 1 N–H and O–H groups in total. The summed E-state index contributed by atoms with van der Waals surface area (Å²) in [4.78, 5) is 13.5. The Morgan fingerprint density at radius 1 is 1.21 bits per heavy atom. The zero-order valence-electron chi connectivity index (χ0n) is 15.0. The second kappa shape index (κ2) is 6.68. The van der Waals surface area contributed by atoms with Crippen molar-refractivity contribution in [3.63, 3.8) is 0 Å². The Morgan fingerprint density at radius 3 is 2.71 bits per heavy atom. The summed E-state index contributed by atoms with van der Waals surface area (Å²) >= 11 is 0. The number of amides is 1. The number of benzene rings is 2. The zero-order valence-corrected chi connectivity index (χ0v) is 15.0. The van der Waals surface area contributed by atoms with Gasteiger partial charge in [0.05, 0.1) is 17.8 Å². The number of nitrogens with one attached hydrogen (secondary N) is 1. The van der Waals surface area contributed by atoms with E-state index in [0.717, 1.165) is 0 Å². The van der Waals surface area contributed by atoms with Crippen molar-refractivity contribution in [2.45, 2.75) is 38.0 Å². The summed E-state index contributed by atoms with van der Waals surface area (Å²) in [7, 11) is 0. The van der Waals surface area contributed by atoms with E-state index < -0.39 is 30.0 Å². The normalized spacial score (nSPS) is 21.0. The number of carbonyl (C=O) groups excluding carboxylic acids is 1. The molecule has 1 amide bonds. The average Bonchev–Trinajstić information content (AvgIpc) is 2.75. The molecular formula is C20H18F4N2O2. The van der Waals surface area contributed by atoms with Gasteiger partial charge in [-0.1, -0.05) is 18.2 Å². The van der Waals surface area contributed by atoms with Crippen LogP contribution in [0, 0.1) is 12.7 Å². The fraction of sp³-hybridized carbons (Fsp3) is 0.350. The lowest BCUT2D eigenvalue weighted by atomic mass is 9.89. The smallest absolute Gasteiger partial charge is 0.455 e. The van der Waals surface area contributed by atoms with Crippen LogP contribution >= 0.6 is 0 Å². The van der Waals surface area contributed by atoms with Crippen LogP contribution in [0.5, 0.6) is 11.5 Å². The predicted molar refractivity (Wildman–Crippen MR) is 95.0 cm³/mol. The highest BCUT2D eigenvalue weighted by Crippen LogP contribution is 2.49. The predicted octanol–water partition coefficient (Wildman–Crippen LogP) is 4.63. The summed E-state index contributed by atoms with van der Waals surface area (Å²) in [6.07, 6.45) is -3.98. The van der Waals surface area contributed by atoms with E-state index in [1.54, 1.807) is 31.2 Å². The molecule has 2 heterocycles. The standard InChI is InChI=1S/C20H18F4N2O2/c1-11-9-12(21)10-16-17(11)26-8-4-6-14(25-19(27)20(22,23)24)18(26)13-5-2-3-7-15(13)28-16/h2-3,5,7,9-10,14,18H,4,6,8H2,1H3,(H,25,27). The molecule has 4 nitrogen and oxygen atoms in total. The molecule has 0 bridgehead atoms. The Bertz CT molecular complexity index is 929. The van der Waals surface area contributed by atoms with E-state index >= 15 is 0 Å². The van der Waals surface area contributed by atoms with Crippen molar-refractivity contribution < 1.29 is 27.1 Å². The van der Waals surface area contributed by atoms with Crippen LogP contribution in [0.4, 0.5) is 23.2 Å². The molecule has 0 aromatic heterocycles. The first kappa shape index (κ1) is 18.6. The lowest BCUT2D eigenvalue weighted by Gasteiger charge is -2.43. The van der Waals surface area contributed by atoms with Gasteiger partial charge in [-0.3, -0.25) is 4.79 Å². The van der Waals surface area contributed by atoms with Crippen LogP contribution in [0.2, 0.25) is 0 Å². The number of hydrogen-bond acceptors (Lipinski definition) is 3. The van der Waals surface area contributed by atoms with Crippen molar-refractivity contribution in [3.8, 4) is 11.5 Å². The molecule has 2 aliphatic rings. The molecule has 0 spiro atoms. The minimum atomic E-state index is -4.96. The van der Waals surface area contributed by atoms with Gasteiger partial charge in [0.1, 0.15) is 11.6 Å². The van der Waals surface area contributed by atoms with E-state index in [-0.39, 0.29) is 0 Å². The van der Waals surface area contributed by atoms with Gasteiger partial charge >= 0.3 is 12.1 Å². The molecule has 148 valence electrons. The van der Waals surface area contributed by atoms with Crippen LogP contribution in [0.15, 0.2) is 36.4 Å². The van der Waals surface area contributed by atoms with Crippen LogP contribution in [-0.4, -0.2) is 24.7 Å². The number of para-hydroxylation sites is 1. The maximum absolute atomic E-state index is 14.0. The van der Waals surface area contributed by atoms with Crippen molar-refractivity contribution in [2.75, 3.05) is 11.4 Å². The molecule has 0 aliphatic carbocycles. The van der Waals surface area contributed by atoms with Gasteiger partial charge in [-0.25, -0.2) is 4.39 Å². The van der Waals surface area contributed by atoms with E-state index in [1.165, 1.54) is 12.1 Å². The zero-order chi connectivity index (χ0) is 20.1. The molecule has 1 fully saturated rings. The summed E-state index contributed by atoms with van der Waals surface area (Å²) in [6.45, 7) is 2.29. The number of ether oxygens (including phenoxy) is 1. The number of halogens is 4. The van der Waals surface area contributed by atoms with Gasteiger partial charge in [0, 0.05) is 18.2 Å². The highest BCUT2D eigenvalue weighted by Gasteiger charge is 2.44. The van der Waals surface area contributed by atoms with Crippen molar-refractivity contribution in [3.05, 3.63) is 53.3 Å². The first-order valence-corrected chi connectivity index (χ1v) is 8.97. The fourth-order valence-corrected chi connectivity index (χ4v) is 4.12. The van der Waals surface area contributed by atoms with E-state index in [4.69, 9.17) is 4.74 Å². The molecule has 2 aromatic carbocycles. The fourth-order valence-electron chi connectivity index (χ4n) is 4.12. The molecule has 2 unspecified atom stereocenters. The molecule has 4 rings (SSSR count). The van der Waals surface area contributed by atoms with E-state index in [9.17, 15) is 22.4 Å². The summed E-state index contributed by atoms with van der Waals surface area (Å²) in [6, 6.07) is 8.30. The first-order chi connectivity index (χ1) is 13.3. The lowest BCUT2D eigenvalue weighted by Crippen LogP contribution is -2.52. The number of rotatable bonds is 1. The minimum Gasteiger partial charge on any atom is -0.455 e.